The predicted molar refractivity (Wildman–Crippen MR) is 501 cm³/mol. The number of carbonyl (C=O) groups excluding carboxylic acids is 15. The average molecular weight is 1920 g/mol. The fourth-order valence-electron chi connectivity index (χ4n) is 14.5. The van der Waals surface area contributed by atoms with Crippen molar-refractivity contribution in [2.24, 2.45) is 45.9 Å². The number of phenols is 2. The summed E-state index contributed by atoms with van der Waals surface area (Å²) in [7, 11) is 1.51. The summed E-state index contributed by atoms with van der Waals surface area (Å²) >= 11 is 0. The van der Waals surface area contributed by atoms with Crippen molar-refractivity contribution in [1.82, 2.24) is 95.3 Å². The SMILES string of the molecule is N=C(N)NCCC[C@H](NC(=O)[C@@H]1CSSC[C@H](NC(=O)[C@H](Cc2ccc3ccccc3c2)NC(=O)[C@H](CCCNC(=N)N)NC(=N)N)C(=O)N[C@@H](Cc2ccc(O)cc2)C(=O)N[C@@H](CCCNC(N)=O)C(=O)N[C@@H](CCCCN)C(=O)N[C@H](CCC(=O)O)C(=O)N2CCC[C@H]2C(=O)N[C@@H](Cc2ccc(O)cc2)C(=O)N[C@@H](CCCNC(=N)N)C(=O)N[C@@H](CCCNC(N)=O)C(=O)N1)C(N)=O. The van der Waals surface area contributed by atoms with Gasteiger partial charge >= 0.3 is 18.0 Å². The molecule has 4 aromatic rings. The molecule has 4 aromatic carbocycles. The van der Waals surface area contributed by atoms with Crippen molar-refractivity contribution in [3.05, 3.63) is 108 Å². The largest absolute Gasteiger partial charge is 0.508 e. The van der Waals surface area contributed by atoms with E-state index in [0.717, 1.165) is 31.9 Å². The van der Waals surface area contributed by atoms with Gasteiger partial charge in [-0.2, -0.15) is 0 Å². The Hall–Kier alpha value is -14.4. The molecule has 51 heteroatoms. The first-order chi connectivity index (χ1) is 64.3. The van der Waals surface area contributed by atoms with Gasteiger partial charge in [-0.1, -0.05) is 88.3 Å². The van der Waals surface area contributed by atoms with Crippen LogP contribution in [-0.4, -0.2) is 275 Å². The monoisotopic (exact) mass is 1920 g/mol. The molecular weight excluding hydrogens is 1800 g/mol. The first-order valence-electron chi connectivity index (χ1n) is 43.8. The number of fused-ring (bicyclic) bond motifs is 2. The lowest BCUT2D eigenvalue weighted by molar-refractivity contribution is -0.143. The number of benzene rings is 4. The van der Waals surface area contributed by atoms with E-state index >= 15 is 52.7 Å². The van der Waals surface area contributed by atoms with Crippen LogP contribution in [-0.2, 0) is 86.4 Å². The van der Waals surface area contributed by atoms with Gasteiger partial charge in [-0.3, -0.25) is 88.8 Å². The number of hydrogen-bond donors (Lipinski definition) is 32. The second kappa shape index (κ2) is 57.1. The van der Waals surface area contributed by atoms with E-state index in [0.29, 0.717) is 16.5 Å². The zero-order valence-electron chi connectivity index (χ0n) is 74.4. The minimum absolute atomic E-state index is 0.00646. The normalized spacial score (nSPS) is 20.5. The second-order valence-corrected chi connectivity index (χ2v) is 34.7. The lowest BCUT2D eigenvalue weighted by Gasteiger charge is -2.31. The summed E-state index contributed by atoms with van der Waals surface area (Å²) in [6.45, 7) is -0.557. The number of carboxylic acids is 1. The van der Waals surface area contributed by atoms with Crippen LogP contribution < -0.4 is 136 Å². The van der Waals surface area contributed by atoms with E-state index in [1.807, 2.05) is 6.07 Å². The van der Waals surface area contributed by atoms with Gasteiger partial charge in [0.15, 0.2) is 23.8 Å². The molecule has 2 aliphatic heterocycles. The number of phenolic OH excluding ortho intramolecular Hbond substituents is 2. The standard InChI is InChI=1S/C84H126N30O19S2/c85-32-4-3-13-53-69(122)107-58(30-31-65(117)118)78(131)114-38-10-19-64(114)77(130)110-60(41-46-23-28-51(116)29-24-46)73(126)106-54(15-6-34-98-80(89)90)68(121)104-56(17-9-37-101-84(96)133)70(123)111-62(75(128)102-52(66(86)119)14-5-33-97-79(87)88)43-134-135-44-63(76(129)109-59(40-45-21-26-50(115)27-22-45)72(125)105-55(67(120)103-53)16-8-36-100-83(95)132)112-74(127)61(42-47-20-25-48-11-1-2-12-49(48)39-47)108-71(124)57(113-82(93)94)18-7-35-99-81(91)92/h1-2,11-12,20-29,39,52-64,115-116H,3-10,13-19,30-38,40-44,85H2,(H2,86,119)(H,102,128)(H,103,120)(H,104,121)(H,105,125)(H,106,126)(H,107,122)(H,108,124)(H,109,129)(H,110,130)(H,111,123)(H,112,127)(H,117,118)(H4,87,88,97)(H4,89,90,98)(H4,91,92,99)(H4,93,94,113)(H3,95,100,132)(H3,96,101,133)/t52-,53-,54-,55-,56-,57-,58+,59-,60-,61-,62-,63-,64-/m0/s1. The highest BCUT2D eigenvalue weighted by Crippen LogP contribution is 2.27. The zero-order chi connectivity index (χ0) is 99.2. The molecule has 0 aliphatic carbocycles. The molecule has 738 valence electrons. The Morgan fingerprint density at radius 2 is 0.874 bits per heavy atom. The quantitative estimate of drug-likeness (QED) is 0.00851. The summed E-state index contributed by atoms with van der Waals surface area (Å²) in [5.41, 5.74) is 46.2. The van der Waals surface area contributed by atoms with E-state index in [-0.39, 0.29) is 178 Å². The molecule has 6 rings (SSSR count). The maximum Gasteiger partial charge on any atom is 0.312 e. The second-order valence-electron chi connectivity index (χ2n) is 32.1. The Kier molecular flexibility index (Phi) is 46.3. The number of carbonyl (C=O) groups is 16. The summed E-state index contributed by atoms with van der Waals surface area (Å²) in [6.07, 6.45) is -3.81. The molecule has 49 nitrogen and oxygen atoms in total. The molecule has 2 fully saturated rings. The van der Waals surface area contributed by atoms with Crippen molar-refractivity contribution >= 4 is 151 Å². The highest BCUT2D eigenvalue weighted by molar-refractivity contribution is 8.76. The Balaban J connectivity index is 1.60. The maximum atomic E-state index is 15.8. The first-order valence-corrected chi connectivity index (χ1v) is 46.3. The molecule has 40 N–H and O–H groups in total. The molecule has 135 heavy (non-hydrogen) atoms. The van der Waals surface area contributed by atoms with Gasteiger partial charge in [0.05, 0.1) is 0 Å². The van der Waals surface area contributed by atoms with Crippen molar-refractivity contribution in [2.75, 3.05) is 57.3 Å². The highest BCUT2D eigenvalue weighted by atomic mass is 33.1. The van der Waals surface area contributed by atoms with E-state index in [9.17, 15) is 39.3 Å². The lowest BCUT2D eigenvalue weighted by Crippen LogP contribution is -2.61. The number of nitrogens with zero attached hydrogens (tertiary/aromatic N) is 1. The van der Waals surface area contributed by atoms with Gasteiger partial charge in [0.25, 0.3) is 0 Å². The van der Waals surface area contributed by atoms with Crippen LogP contribution in [0.2, 0.25) is 0 Å². The Labute approximate surface area is 785 Å². The zero-order valence-corrected chi connectivity index (χ0v) is 76.1. The van der Waals surface area contributed by atoms with Crippen LogP contribution in [0.5, 0.6) is 11.5 Å². The van der Waals surface area contributed by atoms with Gasteiger partial charge in [0.1, 0.15) is 90.0 Å². The molecular formula is C84H126N30O19S2. The summed E-state index contributed by atoms with van der Waals surface area (Å²) in [5, 5.41) is 108. The molecule has 2 aliphatic rings. The van der Waals surface area contributed by atoms with Crippen LogP contribution in [0.15, 0.2) is 91.0 Å². The minimum Gasteiger partial charge on any atom is -0.508 e. The fourth-order valence-corrected chi connectivity index (χ4v) is 16.8. The number of carboxylic acid groups (broad SMARTS) is 1. The van der Waals surface area contributed by atoms with Crippen LogP contribution >= 0.6 is 21.6 Å². The Morgan fingerprint density at radius 1 is 0.437 bits per heavy atom. The van der Waals surface area contributed by atoms with Crippen LogP contribution in [0.4, 0.5) is 9.59 Å². The molecule has 2 heterocycles. The molecule has 17 amide bonds. The summed E-state index contributed by atoms with van der Waals surface area (Å²) in [6, 6.07) is -0.599. The molecule has 0 radical (unpaired) electrons. The number of rotatable bonds is 41. The Morgan fingerprint density at radius 3 is 1.36 bits per heavy atom. The number of unbranched alkanes of at least 4 members (excludes halogenated alkanes) is 1. The van der Waals surface area contributed by atoms with E-state index in [4.69, 9.17) is 67.5 Å². The van der Waals surface area contributed by atoms with Crippen LogP contribution in [0.25, 0.3) is 10.8 Å². The number of urea groups is 2. The number of guanidine groups is 4. The highest BCUT2D eigenvalue weighted by Gasteiger charge is 2.42. The van der Waals surface area contributed by atoms with Gasteiger partial charge in [-0.15, -0.1) is 0 Å². The number of nitrogens with one attached hydrogen (secondary N) is 21. The molecule has 0 spiro atoms. The van der Waals surface area contributed by atoms with E-state index in [2.05, 4.69) is 90.4 Å². The molecule has 2 saturated heterocycles. The molecule has 0 aromatic heterocycles. The summed E-state index contributed by atoms with van der Waals surface area (Å²) in [5.74, 6) is -18.8. The minimum atomic E-state index is -1.88. The molecule has 13 atom stereocenters. The number of aromatic hydroxyl groups is 2. The topological polar surface area (TPSA) is 845 Å². The van der Waals surface area contributed by atoms with Gasteiger partial charge in [-0.25, -0.2) is 9.59 Å². The third-order valence-electron chi connectivity index (χ3n) is 21.5. The van der Waals surface area contributed by atoms with Crippen LogP contribution in [0.3, 0.4) is 0 Å². The third-order valence-corrected chi connectivity index (χ3v) is 23.9. The van der Waals surface area contributed by atoms with Crippen molar-refractivity contribution in [3.63, 3.8) is 0 Å². The van der Waals surface area contributed by atoms with E-state index in [1.54, 1.807) is 36.4 Å². The van der Waals surface area contributed by atoms with Crippen molar-refractivity contribution < 1.29 is 92.0 Å². The third kappa shape index (κ3) is 39.9. The number of aliphatic carboxylic acids is 1. The van der Waals surface area contributed by atoms with Crippen molar-refractivity contribution in [3.8, 4) is 11.5 Å². The molecule has 0 bridgehead atoms. The van der Waals surface area contributed by atoms with Gasteiger partial charge < -0.3 is 156 Å². The number of nitrogens with two attached hydrogens (primary N) is 8. The van der Waals surface area contributed by atoms with Gasteiger partial charge in [-0.05, 0) is 161 Å². The van der Waals surface area contributed by atoms with Crippen molar-refractivity contribution in [1.29, 1.82) is 21.6 Å². The maximum absolute atomic E-state index is 15.8. The van der Waals surface area contributed by atoms with Gasteiger partial charge in [0, 0.05) is 76.5 Å². The van der Waals surface area contributed by atoms with E-state index < -0.39 is 222 Å². The lowest BCUT2D eigenvalue weighted by atomic mass is 10.00. The van der Waals surface area contributed by atoms with E-state index in [1.165, 1.54) is 48.5 Å². The van der Waals surface area contributed by atoms with Crippen molar-refractivity contribution in [2.45, 2.75) is 207 Å². The Bertz CT molecular complexity index is 4790. The summed E-state index contributed by atoms with van der Waals surface area (Å²) in [4.78, 5) is 234. The first kappa shape index (κ1) is 109. The molecule has 0 saturated carbocycles. The summed E-state index contributed by atoms with van der Waals surface area (Å²) < 4.78 is 0. The average Bonchev–Trinajstić information content (AvgIpc) is 1.74. The van der Waals surface area contributed by atoms with Crippen LogP contribution in [0, 0.1) is 21.6 Å². The van der Waals surface area contributed by atoms with Gasteiger partial charge in [0.2, 0.25) is 76.8 Å². The van der Waals surface area contributed by atoms with Crippen LogP contribution in [0.1, 0.15) is 126 Å². The number of amides is 17. The number of hydrogen-bond acceptors (Lipinski definition) is 25. The smallest absolute Gasteiger partial charge is 0.312 e. The fraction of sp³-hybridized carbons (Fsp3) is 0.500. The number of primary amides is 3. The predicted octanol–water partition coefficient (Wildman–Crippen LogP) is -5.98. The molecule has 0 unspecified atom stereocenters.